The quantitative estimate of drug-likeness (QED) is 0.796. The van der Waals surface area contributed by atoms with Crippen LogP contribution in [0.3, 0.4) is 0 Å². The number of sulfonamides is 1. The lowest BCUT2D eigenvalue weighted by Crippen LogP contribution is -2.30. The van der Waals surface area contributed by atoms with Crippen LogP contribution in [0.25, 0.3) is 0 Å². The Labute approximate surface area is 165 Å². The van der Waals surface area contributed by atoms with E-state index >= 15 is 0 Å². The summed E-state index contributed by atoms with van der Waals surface area (Å²) in [6.45, 7) is 3.47. The molecule has 1 fully saturated rings. The number of carbonyl (C=O) groups is 1. The van der Waals surface area contributed by atoms with Crippen molar-refractivity contribution >= 4 is 27.5 Å². The molecule has 1 unspecified atom stereocenters. The number of hydrogen-bond donors (Lipinski definition) is 1. The first-order valence-corrected chi connectivity index (χ1v) is 10.8. The Morgan fingerprint density at radius 1 is 1.15 bits per heavy atom. The molecule has 2 aromatic rings. The summed E-state index contributed by atoms with van der Waals surface area (Å²) in [7, 11) is -3.68. The smallest absolute Gasteiger partial charge is 0.251 e. The van der Waals surface area contributed by atoms with Crippen molar-refractivity contribution in [2.45, 2.75) is 30.6 Å². The molecule has 1 amide bonds. The van der Waals surface area contributed by atoms with Crippen molar-refractivity contribution in [3.8, 4) is 0 Å². The average Bonchev–Trinajstić information content (AvgIpc) is 3.22. The van der Waals surface area contributed by atoms with Crippen LogP contribution in [-0.2, 0) is 10.0 Å². The molecule has 27 heavy (non-hydrogen) atoms. The highest BCUT2D eigenvalue weighted by molar-refractivity contribution is 7.89. The van der Waals surface area contributed by atoms with E-state index in [4.69, 9.17) is 11.6 Å². The largest absolute Gasteiger partial charge is 0.351 e. The number of halogens is 1. The van der Waals surface area contributed by atoms with Gasteiger partial charge in [-0.05, 0) is 42.5 Å². The molecule has 1 saturated heterocycles. The molecule has 3 rings (SSSR count). The molecular formula is C20H23ClN2O3S. The van der Waals surface area contributed by atoms with E-state index in [0.29, 0.717) is 19.6 Å². The molecule has 0 saturated carbocycles. The molecule has 2 aromatic carbocycles. The number of nitrogens with zero attached hydrogens (tertiary/aromatic N) is 1. The van der Waals surface area contributed by atoms with Crippen molar-refractivity contribution in [1.29, 1.82) is 0 Å². The van der Waals surface area contributed by atoms with E-state index in [-0.39, 0.29) is 27.3 Å². The molecular weight excluding hydrogens is 384 g/mol. The molecule has 0 radical (unpaired) electrons. The Balaban J connectivity index is 1.74. The van der Waals surface area contributed by atoms with Crippen LogP contribution in [0.1, 0.15) is 41.6 Å². The van der Waals surface area contributed by atoms with Gasteiger partial charge in [-0.15, -0.1) is 0 Å². The fourth-order valence-corrected chi connectivity index (χ4v) is 5.17. The van der Waals surface area contributed by atoms with Gasteiger partial charge in [-0.3, -0.25) is 4.79 Å². The first-order valence-electron chi connectivity index (χ1n) is 9.02. The van der Waals surface area contributed by atoms with Crippen molar-refractivity contribution in [3.63, 3.8) is 0 Å². The summed E-state index contributed by atoms with van der Waals surface area (Å²) in [4.78, 5) is 12.5. The van der Waals surface area contributed by atoms with Gasteiger partial charge in [-0.1, -0.05) is 48.9 Å². The lowest BCUT2D eigenvalue weighted by atomic mass is 10.0. The monoisotopic (exact) mass is 406 g/mol. The molecule has 144 valence electrons. The Bertz CT molecular complexity index is 910. The van der Waals surface area contributed by atoms with Crippen LogP contribution in [0, 0.1) is 0 Å². The summed E-state index contributed by atoms with van der Waals surface area (Å²) in [6.07, 6.45) is 1.68. The van der Waals surface area contributed by atoms with Crippen molar-refractivity contribution in [2.75, 3.05) is 19.6 Å². The molecule has 7 heteroatoms. The van der Waals surface area contributed by atoms with E-state index in [0.717, 1.165) is 18.4 Å². The number of nitrogens with one attached hydrogen (secondary N) is 1. The fourth-order valence-electron chi connectivity index (χ4n) is 3.16. The van der Waals surface area contributed by atoms with Gasteiger partial charge in [0, 0.05) is 25.2 Å². The van der Waals surface area contributed by atoms with Gasteiger partial charge in [-0.2, -0.15) is 4.31 Å². The molecule has 0 aromatic heterocycles. The first-order chi connectivity index (χ1) is 12.9. The van der Waals surface area contributed by atoms with E-state index < -0.39 is 10.0 Å². The fraction of sp³-hybridized carbons (Fsp3) is 0.350. The molecule has 1 N–H and O–H groups in total. The van der Waals surface area contributed by atoms with Gasteiger partial charge in [0.1, 0.15) is 4.90 Å². The molecule has 0 spiro atoms. The zero-order valence-corrected chi connectivity index (χ0v) is 16.8. The predicted molar refractivity (Wildman–Crippen MR) is 107 cm³/mol. The van der Waals surface area contributed by atoms with Crippen LogP contribution in [0.15, 0.2) is 53.4 Å². The van der Waals surface area contributed by atoms with Gasteiger partial charge in [0.2, 0.25) is 10.0 Å². The van der Waals surface area contributed by atoms with Crippen LogP contribution in [-0.4, -0.2) is 38.3 Å². The maximum Gasteiger partial charge on any atom is 0.251 e. The predicted octanol–water partition coefficient (Wildman–Crippen LogP) is 3.66. The zero-order chi connectivity index (χ0) is 19.4. The number of hydrogen-bond acceptors (Lipinski definition) is 3. The molecule has 0 bridgehead atoms. The number of rotatable bonds is 6. The van der Waals surface area contributed by atoms with Crippen molar-refractivity contribution in [3.05, 3.63) is 64.7 Å². The van der Waals surface area contributed by atoms with Crippen molar-refractivity contribution in [2.24, 2.45) is 0 Å². The Hall–Kier alpha value is -1.89. The summed E-state index contributed by atoms with van der Waals surface area (Å²) in [5.41, 5.74) is 1.42. The second kappa shape index (κ2) is 8.42. The van der Waals surface area contributed by atoms with Crippen LogP contribution < -0.4 is 5.32 Å². The Morgan fingerprint density at radius 2 is 1.81 bits per heavy atom. The molecule has 1 heterocycles. The Kier molecular flexibility index (Phi) is 6.19. The van der Waals surface area contributed by atoms with Crippen LogP contribution >= 0.6 is 11.6 Å². The first kappa shape index (κ1) is 19.9. The minimum absolute atomic E-state index is 0.00479. The maximum absolute atomic E-state index is 12.8. The van der Waals surface area contributed by atoms with Crippen molar-refractivity contribution in [1.82, 2.24) is 9.62 Å². The molecule has 1 aliphatic rings. The summed E-state index contributed by atoms with van der Waals surface area (Å²) < 4.78 is 27.0. The normalized spacial score (nSPS) is 16.2. The average molecular weight is 407 g/mol. The molecule has 0 aliphatic carbocycles. The second-order valence-electron chi connectivity index (χ2n) is 6.78. The van der Waals surface area contributed by atoms with Crippen LogP contribution in [0.4, 0.5) is 0 Å². The minimum Gasteiger partial charge on any atom is -0.351 e. The van der Waals surface area contributed by atoms with Gasteiger partial charge >= 0.3 is 0 Å². The summed E-state index contributed by atoms with van der Waals surface area (Å²) >= 11 is 6.13. The van der Waals surface area contributed by atoms with Gasteiger partial charge in [0.15, 0.2) is 0 Å². The van der Waals surface area contributed by atoms with Crippen LogP contribution in [0.5, 0.6) is 0 Å². The van der Waals surface area contributed by atoms with E-state index in [1.807, 2.05) is 37.3 Å². The molecule has 1 atom stereocenters. The van der Waals surface area contributed by atoms with Crippen LogP contribution in [0.2, 0.25) is 5.02 Å². The second-order valence-corrected chi connectivity index (χ2v) is 9.09. The lowest BCUT2D eigenvalue weighted by Gasteiger charge is -2.17. The van der Waals surface area contributed by atoms with E-state index in [1.165, 1.54) is 16.4 Å². The number of amides is 1. The highest BCUT2D eigenvalue weighted by Crippen LogP contribution is 2.28. The third kappa shape index (κ3) is 4.51. The highest BCUT2D eigenvalue weighted by Gasteiger charge is 2.29. The number of benzene rings is 2. The van der Waals surface area contributed by atoms with Gasteiger partial charge < -0.3 is 5.32 Å². The molecule has 1 aliphatic heterocycles. The maximum atomic E-state index is 12.8. The summed E-state index contributed by atoms with van der Waals surface area (Å²) in [5.74, 6) is -0.164. The van der Waals surface area contributed by atoms with E-state index in [1.54, 1.807) is 6.07 Å². The summed E-state index contributed by atoms with van der Waals surface area (Å²) in [5, 5.41) is 3.01. The van der Waals surface area contributed by atoms with Crippen molar-refractivity contribution < 1.29 is 13.2 Å². The van der Waals surface area contributed by atoms with E-state index in [9.17, 15) is 13.2 Å². The van der Waals surface area contributed by atoms with Gasteiger partial charge in [0.05, 0.1) is 5.02 Å². The topological polar surface area (TPSA) is 66.5 Å². The van der Waals surface area contributed by atoms with Gasteiger partial charge in [-0.25, -0.2) is 8.42 Å². The molecule has 5 nitrogen and oxygen atoms in total. The highest BCUT2D eigenvalue weighted by atomic mass is 35.5. The lowest BCUT2D eigenvalue weighted by molar-refractivity contribution is 0.0951. The zero-order valence-electron chi connectivity index (χ0n) is 15.2. The van der Waals surface area contributed by atoms with Gasteiger partial charge in [0.25, 0.3) is 5.91 Å². The minimum atomic E-state index is -3.68. The van der Waals surface area contributed by atoms with E-state index in [2.05, 4.69) is 5.32 Å². The summed E-state index contributed by atoms with van der Waals surface area (Å²) in [6, 6.07) is 14.3. The Morgan fingerprint density at radius 3 is 2.48 bits per heavy atom. The number of carbonyl (C=O) groups excluding carboxylic acids is 1. The standard InChI is InChI=1S/C20H23ClN2O3S/c1-15(16-7-3-2-4-8-16)14-22-20(24)17-9-10-18(21)19(13-17)27(25,26)23-11-5-6-12-23/h2-4,7-10,13,15H,5-6,11-12,14H2,1H3,(H,22,24). The SMILES string of the molecule is CC(CNC(=O)c1ccc(Cl)c(S(=O)(=O)N2CCCC2)c1)c1ccccc1. The third-order valence-corrected chi connectivity index (χ3v) is 7.19. The third-order valence-electron chi connectivity index (χ3n) is 4.81.